The van der Waals surface area contributed by atoms with Gasteiger partial charge >= 0.3 is 11.8 Å². The average molecular weight is 298 g/mol. The lowest BCUT2D eigenvalue weighted by molar-refractivity contribution is -0.186. The molecule has 2 rings (SSSR count). The van der Waals surface area contributed by atoms with Crippen LogP contribution in [0.2, 0.25) is 0 Å². The molecule has 2 fully saturated rings. The van der Waals surface area contributed by atoms with E-state index in [4.69, 9.17) is 9.47 Å². The molecule has 120 valence electrons. The number of rotatable bonds is 4. The highest BCUT2D eigenvalue weighted by atomic mass is 16.7. The van der Waals surface area contributed by atoms with Gasteiger partial charge in [-0.2, -0.15) is 0 Å². The molecule has 1 aliphatic carbocycles. The van der Waals surface area contributed by atoms with Crippen molar-refractivity contribution in [2.45, 2.75) is 57.8 Å². The molecule has 2 amide bonds. The summed E-state index contributed by atoms with van der Waals surface area (Å²) in [6.45, 7) is 5.25. The zero-order chi connectivity index (χ0) is 15.3. The molecular formula is C15H26N2O4. The number of hydrogen-bond donors (Lipinski definition) is 2. The molecule has 6 heteroatoms. The second-order valence-electron chi connectivity index (χ2n) is 6.34. The van der Waals surface area contributed by atoms with E-state index in [9.17, 15) is 9.59 Å². The lowest BCUT2D eigenvalue weighted by atomic mass is 9.94. The maximum atomic E-state index is 11.7. The maximum absolute atomic E-state index is 11.7. The van der Waals surface area contributed by atoms with Crippen LogP contribution in [0.25, 0.3) is 0 Å². The van der Waals surface area contributed by atoms with Crippen LogP contribution in [-0.4, -0.2) is 43.4 Å². The Balaban J connectivity index is 1.69. The molecule has 1 saturated heterocycles. The minimum Gasteiger partial charge on any atom is -0.348 e. The van der Waals surface area contributed by atoms with Crippen LogP contribution in [0.15, 0.2) is 0 Å². The second-order valence-corrected chi connectivity index (χ2v) is 6.34. The Kier molecular flexibility index (Phi) is 5.58. The van der Waals surface area contributed by atoms with Gasteiger partial charge in [-0.25, -0.2) is 0 Å². The van der Waals surface area contributed by atoms with Gasteiger partial charge < -0.3 is 20.1 Å². The highest BCUT2D eigenvalue weighted by Crippen LogP contribution is 2.37. The van der Waals surface area contributed by atoms with Gasteiger partial charge in [0.1, 0.15) is 6.10 Å². The van der Waals surface area contributed by atoms with Gasteiger partial charge in [0.15, 0.2) is 5.79 Å². The molecule has 1 spiro atoms. The maximum Gasteiger partial charge on any atom is 0.309 e. The largest absolute Gasteiger partial charge is 0.348 e. The summed E-state index contributed by atoms with van der Waals surface area (Å²) < 4.78 is 11.7. The molecule has 1 saturated carbocycles. The van der Waals surface area contributed by atoms with E-state index in [2.05, 4.69) is 10.6 Å². The number of nitrogens with one attached hydrogen (secondary N) is 2. The van der Waals surface area contributed by atoms with Crippen molar-refractivity contribution in [2.24, 2.45) is 5.92 Å². The fourth-order valence-electron chi connectivity index (χ4n) is 2.73. The molecule has 2 aliphatic rings. The van der Waals surface area contributed by atoms with E-state index in [1.807, 2.05) is 13.8 Å². The molecular weight excluding hydrogens is 272 g/mol. The summed E-state index contributed by atoms with van der Waals surface area (Å²) in [7, 11) is 0. The minimum absolute atomic E-state index is 0.162. The van der Waals surface area contributed by atoms with Gasteiger partial charge in [-0.3, -0.25) is 9.59 Å². The topological polar surface area (TPSA) is 76.7 Å². The molecule has 0 aromatic rings. The van der Waals surface area contributed by atoms with Crippen molar-refractivity contribution >= 4 is 11.8 Å². The van der Waals surface area contributed by atoms with Crippen molar-refractivity contribution in [3.05, 3.63) is 0 Å². The van der Waals surface area contributed by atoms with Crippen LogP contribution in [-0.2, 0) is 19.1 Å². The van der Waals surface area contributed by atoms with Crippen molar-refractivity contribution in [2.75, 3.05) is 19.7 Å². The summed E-state index contributed by atoms with van der Waals surface area (Å²) in [5.41, 5.74) is 0. The number of carbonyl (C=O) groups excluding carboxylic acids is 2. The van der Waals surface area contributed by atoms with Crippen molar-refractivity contribution in [3.8, 4) is 0 Å². The van der Waals surface area contributed by atoms with E-state index in [0.717, 1.165) is 25.7 Å². The number of carbonyl (C=O) groups is 2. The SMILES string of the molecule is CC(C)CNC(=O)C(=O)NC[C@@H]1COC2(CCCCC2)O1. The lowest BCUT2D eigenvalue weighted by Crippen LogP contribution is -2.44. The highest BCUT2D eigenvalue weighted by Gasteiger charge is 2.42. The molecule has 0 aromatic carbocycles. The first kappa shape index (κ1) is 16.2. The van der Waals surface area contributed by atoms with Crippen molar-refractivity contribution in [1.82, 2.24) is 10.6 Å². The van der Waals surface area contributed by atoms with Crippen LogP contribution < -0.4 is 10.6 Å². The summed E-state index contributed by atoms with van der Waals surface area (Å²) in [6, 6.07) is 0. The normalized spacial score (nSPS) is 24.2. The summed E-state index contributed by atoms with van der Waals surface area (Å²) in [6.07, 6.45) is 5.16. The third kappa shape index (κ3) is 4.68. The molecule has 6 nitrogen and oxygen atoms in total. The molecule has 0 bridgehead atoms. The van der Waals surface area contributed by atoms with E-state index in [1.165, 1.54) is 6.42 Å². The first-order valence-corrected chi connectivity index (χ1v) is 7.88. The third-order valence-electron chi connectivity index (χ3n) is 3.90. The number of amides is 2. The molecule has 1 heterocycles. The van der Waals surface area contributed by atoms with Crippen LogP contribution in [0.3, 0.4) is 0 Å². The summed E-state index contributed by atoms with van der Waals surface area (Å²) in [5, 5.41) is 5.21. The Hall–Kier alpha value is -1.14. The smallest absolute Gasteiger partial charge is 0.309 e. The number of hydrogen-bond acceptors (Lipinski definition) is 4. The fraction of sp³-hybridized carbons (Fsp3) is 0.867. The van der Waals surface area contributed by atoms with Crippen molar-refractivity contribution in [3.63, 3.8) is 0 Å². The molecule has 21 heavy (non-hydrogen) atoms. The number of ether oxygens (including phenoxy) is 2. The van der Waals surface area contributed by atoms with Crippen LogP contribution in [0, 0.1) is 5.92 Å². The third-order valence-corrected chi connectivity index (χ3v) is 3.90. The predicted octanol–water partition coefficient (Wildman–Crippen LogP) is 0.951. The van der Waals surface area contributed by atoms with Gasteiger partial charge in [0.05, 0.1) is 6.61 Å². The molecule has 2 N–H and O–H groups in total. The Morgan fingerprint density at radius 2 is 1.81 bits per heavy atom. The summed E-state index contributed by atoms with van der Waals surface area (Å²) >= 11 is 0. The molecule has 0 aromatic heterocycles. The van der Waals surface area contributed by atoms with Crippen LogP contribution >= 0.6 is 0 Å². The first-order chi connectivity index (χ1) is 10.0. The zero-order valence-corrected chi connectivity index (χ0v) is 12.9. The molecule has 1 atom stereocenters. The summed E-state index contributed by atoms with van der Waals surface area (Å²) in [4.78, 5) is 23.2. The lowest BCUT2D eigenvalue weighted by Gasteiger charge is -2.31. The van der Waals surface area contributed by atoms with E-state index in [-0.39, 0.29) is 6.10 Å². The van der Waals surface area contributed by atoms with Crippen LogP contribution in [0.4, 0.5) is 0 Å². The highest BCUT2D eigenvalue weighted by molar-refractivity contribution is 6.35. The Bertz CT molecular complexity index is 378. The Morgan fingerprint density at radius 1 is 1.14 bits per heavy atom. The van der Waals surface area contributed by atoms with Crippen molar-refractivity contribution < 1.29 is 19.1 Å². The standard InChI is InChI=1S/C15H26N2O4/c1-11(2)8-16-13(18)14(19)17-9-12-10-20-15(21-12)6-4-3-5-7-15/h11-12H,3-10H2,1-2H3,(H,16,18)(H,17,19)/t12-/m1/s1. The van der Waals surface area contributed by atoms with E-state index in [1.54, 1.807) is 0 Å². The van der Waals surface area contributed by atoms with E-state index in [0.29, 0.717) is 25.6 Å². The van der Waals surface area contributed by atoms with Crippen LogP contribution in [0.5, 0.6) is 0 Å². The zero-order valence-electron chi connectivity index (χ0n) is 12.9. The van der Waals surface area contributed by atoms with E-state index < -0.39 is 17.6 Å². The van der Waals surface area contributed by atoms with Gasteiger partial charge in [-0.15, -0.1) is 0 Å². The van der Waals surface area contributed by atoms with Gasteiger partial charge in [0, 0.05) is 25.9 Å². The Morgan fingerprint density at radius 3 is 2.48 bits per heavy atom. The monoisotopic (exact) mass is 298 g/mol. The van der Waals surface area contributed by atoms with Gasteiger partial charge in [-0.1, -0.05) is 20.3 Å². The summed E-state index contributed by atoms with van der Waals surface area (Å²) in [5.74, 6) is -1.31. The van der Waals surface area contributed by atoms with Gasteiger partial charge in [0.25, 0.3) is 0 Å². The minimum atomic E-state index is -0.608. The van der Waals surface area contributed by atoms with Crippen molar-refractivity contribution in [1.29, 1.82) is 0 Å². The average Bonchev–Trinajstić information content (AvgIpc) is 2.85. The Labute approximate surface area is 125 Å². The van der Waals surface area contributed by atoms with Crippen LogP contribution in [0.1, 0.15) is 46.0 Å². The fourth-order valence-corrected chi connectivity index (χ4v) is 2.73. The quantitative estimate of drug-likeness (QED) is 0.758. The van der Waals surface area contributed by atoms with Gasteiger partial charge in [-0.05, 0) is 18.8 Å². The van der Waals surface area contributed by atoms with E-state index >= 15 is 0 Å². The molecule has 0 unspecified atom stereocenters. The predicted molar refractivity (Wildman–Crippen MR) is 77.5 cm³/mol. The van der Waals surface area contributed by atoms with Gasteiger partial charge in [0.2, 0.25) is 0 Å². The molecule has 1 aliphatic heterocycles. The molecule has 0 radical (unpaired) electrons. The second kappa shape index (κ2) is 7.22. The first-order valence-electron chi connectivity index (χ1n) is 7.88.